The van der Waals surface area contributed by atoms with Gasteiger partial charge in [0, 0.05) is 6.54 Å². The standard InChI is InChI=1S/C14H22ClNO/c1-4-12(5-2)17-14-8-7-11(9-13(14)15)10-16-6-3/h7-9,12,16H,4-6,10H2,1-3H3. The summed E-state index contributed by atoms with van der Waals surface area (Å²) in [4.78, 5) is 0. The molecule has 3 heteroatoms. The molecule has 1 aromatic rings. The van der Waals surface area contributed by atoms with Crippen molar-refractivity contribution in [1.82, 2.24) is 5.32 Å². The Labute approximate surface area is 109 Å². The summed E-state index contributed by atoms with van der Waals surface area (Å²) in [5, 5.41) is 3.98. The van der Waals surface area contributed by atoms with Crippen molar-refractivity contribution >= 4 is 11.6 Å². The second-order valence-electron chi connectivity index (χ2n) is 4.10. The minimum absolute atomic E-state index is 0.257. The van der Waals surface area contributed by atoms with Crippen LogP contribution in [0.5, 0.6) is 5.75 Å². The highest BCUT2D eigenvalue weighted by molar-refractivity contribution is 6.32. The summed E-state index contributed by atoms with van der Waals surface area (Å²) < 4.78 is 5.85. The van der Waals surface area contributed by atoms with E-state index in [0.29, 0.717) is 5.02 Å². The van der Waals surface area contributed by atoms with Gasteiger partial charge in [-0.05, 0) is 37.1 Å². The molecular weight excluding hydrogens is 234 g/mol. The Hall–Kier alpha value is -0.730. The van der Waals surface area contributed by atoms with Crippen molar-refractivity contribution in [3.63, 3.8) is 0 Å². The lowest BCUT2D eigenvalue weighted by molar-refractivity contribution is 0.193. The van der Waals surface area contributed by atoms with Gasteiger partial charge in [-0.25, -0.2) is 0 Å². The van der Waals surface area contributed by atoms with Crippen molar-refractivity contribution in [1.29, 1.82) is 0 Å². The molecule has 0 saturated carbocycles. The van der Waals surface area contributed by atoms with Crippen molar-refractivity contribution in [2.45, 2.75) is 46.3 Å². The second-order valence-corrected chi connectivity index (χ2v) is 4.51. The smallest absolute Gasteiger partial charge is 0.138 e. The first kappa shape index (κ1) is 14.3. The summed E-state index contributed by atoms with van der Waals surface area (Å²) in [6.45, 7) is 8.15. The van der Waals surface area contributed by atoms with E-state index in [1.54, 1.807) is 0 Å². The molecule has 0 aromatic heterocycles. The molecule has 1 rings (SSSR count). The number of ether oxygens (including phenoxy) is 1. The molecule has 0 heterocycles. The highest BCUT2D eigenvalue weighted by atomic mass is 35.5. The first-order valence-corrected chi connectivity index (χ1v) is 6.74. The van der Waals surface area contributed by atoms with Crippen LogP contribution < -0.4 is 10.1 Å². The highest BCUT2D eigenvalue weighted by Gasteiger charge is 2.08. The first-order chi connectivity index (χ1) is 8.21. The lowest BCUT2D eigenvalue weighted by atomic mass is 10.2. The summed E-state index contributed by atoms with van der Waals surface area (Å²) in [7, 11) is 0. The molecule has 0 atom stereocenters. The maximum Gasteiger partial charge on any atom is 0.138 e. The Bertz CT molecular complexity index is 337. The fourth-order valence-corrected chi connectivity index (χ4v) is 1.90. The van der Waals surface area contributed by atoms with Crippen LogP contribution in [0.1, 0.15) is 39.2 Å². The predicted octanol–water partition coefficient (Wildman–Crippen LogP) is 4.02. The van der Waals surface area contributed by atoms with Gasteiger partial charge >= 0.3 is 0 Å². The summed E-state index contributed by atoms with van der Waals surface area (Å²) in [5.74, 6) is 0.792. The predicted molar refractivity (Wildman–Crippen MR) is 73.8 cm³/mol. The second kappa shape index (κ2) is 7.57. The number of nitrogens with one attached hydrogen (secondary N) is 1. The Morgan fingerprint density at radius 2 is 1.94 bits per heavy atom. The summed E-state index contributed by atoms with van der Waals surface area (Å²) in [5.41, 5.74) is 1.19. The maximum absolute atomic E-state index is 6.21. The van der Waals surface area contributed by atoms with Crippen molar-refractivity contribution in [3.05, 3.63) is 28.8 Å². The van der Waals surface area contributed by atoms with Crippen molar-refractivity contribution in [2.75, 3.05) is 6.54 Å². The van der Waals surface area contributed by atoms with E-state index in [-0.39, 0.29) is 6.10 Å². The molecule has 0 radical (unpaired) electrons. The van der Waals surface area contributed by atoms with Gasteiger partial charge in [0.2, 0.25) is 0 Å². The van der Waals surface area contributed by atoms with Gasteiger partial charge in [0.15, 0.2) is 0 Å². The highest BCUT2D eigenvalue weighted by Crippen LogP contribution is 2.27. The monoisotopic (exact) mass is 255 g/mol. The molecule has 0 spiro atoms. The Balaban J connectivity index is 2.68. The Kier molecular flexibility index (Phi) is 6.38. The number of hydrogen-bond donors (Lipinski definition) is 1. The van der Waals surface area contributed by atoms with E-state index in [2.05, 4.69) is 32.2 Å². The van der Waals surface area contributed by atoms with Crippen molar-refractivity contribution < 1.29 is 4.74 Å². The topological polar surface area (TPSA) is 21.3 Å². The SMILES string of the molecule is CCNCc1ccc(OC(CC)CC)c(Cl)c1. The number of benzene rings is 1. The minimum atomic E-state index is 0.257. The van der Waals surface area contributed by atoms with E-state index in [1.165, 1.54) is 5.56 Å². The summed E-state index contributed by atoms with van der Waals surface area (Å²) in [6, 6.07) is 6.00. The van der Waals surface area contributed by atoms with E-state index in [4.69, 9.17) is 16.3 Å². The third-order valence-corrected chi connectivity index (χ3v) is 3.08. The quantitative estimate of drug-likeness (QED) is 0.795. The van der Waals surface area contributed by atoms with Crippen LogP contribution in [-0.2, 0) is 6.54 Å². The molecule has 0 fully saturated rings. The largest absolute Gasteiger partial charge is 0.489 e. The Morgan fingerprint density at radius 1 is 1.24 bits per heavy atom. The van der Waals surface area contributed by atoms with Crippen molar-refractivity contribution in [2.24, 2.45) is 0 Å². The van der Waals surface area contributed by atoms with Crippen LogP contribution in [0.2, 0.25) is 5.02 Å². The van der Waals surface area contributed by atoms with E-state index in [1.807, 2.05) is 12.1 Å². The van der Waals surface area contributed by atoms with E-state index >= 15 is 0 Å². The molecule has 17 heavy (non-hydrogen) atoms. The average Bonchev–Trinajstić information content (AvgIpc) is 2.35. The van der Waals surface area contributed by atoms with Gasteiger partial charge < -0.3 is 10.1 Å². The van der Waals surface area contributed by atoms with Crippen LogP contribution in [0.15, 0.2) is 18.2 Å². The van der Waals surface area contributed by atoms with Gasteiger partial charge in [0.1, 0.15) is 5.75 Å². The third kappa shape index (κ3) is 4.57. The Morgan fingerprint density at radius 3 is 2.47 bits per heavy atom. The zero-order valence-corrected chi connectivity index (χ0v) is 11.7. The van der Waals surface area contributed by atoms with Gasteiger partial charge in [0.05, 0.1) is 11.1 Å². The fraction of sp³-hybridized carbons (Fsp3) is 0.571. The molecule has 0 amide bonds. The molecule has 0 aliphatic carbocycles. The van der Waals surface area contributed by atoms with Gasteiger partial charge in [-0.1, -0.05) is 38.4 Å². The minimum Gasteiger partial charge on any atom is -0.489 e. The molecule has 0 saturated heterocycles. The molecule has 96 valence electrons. The van der Waals surface area contributed by atoms with Gasteiger partial charge in [-0.3, -0.25) is 0 Å². The molecule has 1 N–H and O–H groups in total. The average molecular weight is 256 g/mol. The molecule has 0 unspecified atom stereocenters. The zero-order chi connectivity index (χ0) is 12.7. The van der Waals surface area contributed by atoms with E-state index < -0.39 is 0 Å². The molecule has 1 aromatic carbocycles. The number of rotatable bonds is 7. The van der Waals surface area contributed by atoms with Crippen LogP contribution in [0.25, 0.3) is 0 Å². The number of halogens is 1. The van der Waals surface area contributed by atoms with Crippen LogP contribution in [0, 0.1) is 0 Å². The molecule has 0 aliphatic rings. The lowest BCUT2D eigenvalue weighted by Gasteiger charge is -2.17. The van der Waals surface area contributed by atoms with Crippen LogP contribution >= 0.6 is 11.6 Å². The summed E-state index contributed by atoms with van der Waals surface area (Å²) in [6.07, 6.45) is 2.27. The van der Waals surface area contributed by atoms with E-state index in [0.717, 1.165) is 31.7 Å². The third-order valence-electron chi connectivity index (χ3n) is 2.78. The molecule has 2 nitrogen and oxygen atoms in total. The number of hydrogen-bond acceptors (Lipinski definition) is 2. The van der Waals surface area contributed by atoms with Crippen LogP contribution in [-0.4, -0.2) is 12.6 Å². The van der Waals surface area contributed by atoms with Crippen LogP contribution in [0.3, 0.4) is 0 Å². The maximum atomic E-state index is 6.21. The van der Waals surface area contributed by atoms with Gasteiger partial charge in [-0.15, -0.1) is 0 Å². The first-order valence-electron chi connectivity index (χ1n) is 6.37. The molecular formula is C14H22ClNO. The fourth-order valence-electron chi connectivity index (χ4n) is 1.65. The normalized spacial score (nSPS) is 10.9. The van der Waals surface area contributed by atoms with Gasteiger partial charge in [-0.2, -0.15) is 0 Å². The van der Waals surface area contributed by atoms with Crippen molar-refractivity contribution in [3.8, 4) is 5.75 Å². The van der Waals surface area contributed by atoms with Crippen LogP contribution in [0.4, 0.5) is 0 Å². The van der Waals surface area contributed by atoms with E-state index in [9.17, 15) is 0 Å². The molecule has 0 bridgehead atoms. The zero-order valence-electron chi connectivity index (χ0n) is 10.9. The summed E-state index contributed by atoms with van der Waals surface area (Å²) >= 11 is 6.21. The lowest BCUT2D eigenvalue weighted by Crippen LogP contribution is -2.14. The molecule has 0 aliphatic heterocycles. The van der Waals surface area contributed by atoms with Gasteiger partial charge in [0.25, 0.3) is 0 Å².